The Hall–Kier alpha value is -1.43. The predicted molar refractivity (Wildman–Crippen MR) is 69.0 cm³/mol. The number of nitrogens with two attached hydrogens (primary N) is 1. The zero-order valence-electron chi connectivity index (χ0n) is 9.81. The second-order valence-electron chi connectivity index (χ2n) is 3.73. The summed E-state index contributed by atoms with van der Waals surface area (Å²) in [6, 6.07) is 3.98. The van der Waals surface area contributed by atoms with Crippen molar-refractivity contribution >= 4 is 11.3 Å². The molecular formula is C12H15N3OS. The molecule has 0 bridgehead atoms. The summed E-state index contributed by atoms with van der Waals surface area (Å²) in [4.78, 5) is 5.34. The van der Waals surface area contributed by atoms with Crippen molar-refractivity contribution in [3.63, 3.8) is 0 Å². The summed E-state index contributed by atoms with van der Waals surface area (Å²) in [6.07, 6.45) is 3.48. The number of hydrazine groups is 1. The number of hydrogen-bond acceptors (Lipinski definition) is 5. The first-order valence-electron chi connectivity index (χ1n) is 5.25. The minimum Gasteiger partial charge on any atom is -0.495 e. The Labute approximate surface area is 104 Å². The molecule has 2 aromatic rings. The van der Waals surface area contributed by atoms with E-state index in [9.17, 15) is 0 Å². The fraction of sp³-hybridized carbons (Fsp3) is 0.250. The van der Waals surface area contributed by atoms with Crippen molar-refractivity contribution in [3.8, 4) is 5.75 Å². The second-order valence-corrected chi connectivity index (χ2v) is 4.67. The molecule has 5 heteroatoms. The standard InChI is InChI=1S/C12H15N3OS/c1-8-3-4-17-12(8)11(15-13)9-5-10(16-2)7-14-6-9/h3-7,11,15H,13H2,1-2H3. The van der Waals surface area contributed by atoms with Crippen LogP contribution in [0.4, 0.5) is 0 Å². The number of aromatic nitrogens is 1. The molecule has 1 unspecified atom stereocenters. The summed E-state index contributed by atoms with van der Waals surface area (Å²) < 4.78 is 5.17. The molecule has 4 nitrogen and oxygen atoms in total. The molecule has 90 valence electrons. The molecule has 3 N–H and O–H groups in total. The van der Waals surface area contributed by atoms with Gasteiger partial charge in [0.15, 0.2) is 0 Å². The fourth-order valence-electron chi connectivity index (χ4n) is 1.71. The van der Waals surface area contributed by atoms with Crippen LogP contribution in [0.15, 0.2) is 29.9 Å². The minimum absolute atomic E-state index is 0.0439. The van der Waals surface area contributed by atoms with Crippen molar-refractivity contribution < 1.29 is 4.74 Å². The Morgan fingerprint density at radius 3 is 2.88 bits per heavy atom. The van der Waals surface area contributed by atoms with Crippen LogP contribution in [0.25, 0.3) is 0 Å². The molecule has 0 radical (unpaired) electrons. The van der Waals surface area contributed by atoms with Crippen molar-refractivity contribution in [3.05, 3.63) is 45.9 Å². The molecule has 0 aliphatic carbocycles. The van der Waals surface area contributed by atoms with Gasteiger partial charge in [0, 0.05) is 11.1 Å². The molecular weight excluding hydrogens is 234 g/mol. The summed E-state index contributed by atoms with van der Waals surface area (Å²) in [5.74, 6) is 6.38. The highest BCUT2D eigenvalue weighted by Gasteiger charge is 2.16. The van der Waals surface area contributed by atoms with Gasteiger partial charge in [-0.2, -0.15) is 0 Å². The van der Waals surface area contributed by atoms with Crippen LogP contribution < -0.4 is 16.0 Å². The Morgan fingerprint density at radius 1 is 1.47 bits per heavy atom. The largest absolute Gasteiger partial charge is 0.495 e. The van der Waals surface area contributed by atoms with Crippen LogP contribution in [-0.4, -0.2) is 12.1 Å². The molecule has 1 atom stereocenters. The monoisotopic (exact) mass is 249 g/mol. The summed E-state index contributed by atoms with van der Waals surface area (Å²) in [7, 11) is 1.63. The first-order valence-corrected chi connectivity index (χ1v) is 6.13. The Morgan fingerprint density at radius 2 is 2.29 bits per heavy atom. The van der Waals surface area contributed by atoms with E-state index in [1.807, 2.05) is 6.07 Å². The van der Waals surface area contributed by atoms with Gasteiger partial charge in [0.1, 0.15) is 5.75 Å². The van der Waals surface area contributed by atoms with Crippen LogP contribution in [-0.2, 0) is 0 Å². The van der Waals surface area contributed by atoms with E-state index in [2.05, 4.69) is 28.8 Å². The van der Waals surface area contributed by atoms with Gasteiger partial charge >= 0.3 is 0 Å². The SMILES string of the molecule is COc1cncc(C(NN)c2sccc2C)c1. The Bertz CT molecular complexity index is 498. The number of aryl methyl sites for hydroxylation is 1. The third-order valence-electron chi connectivity index (χ3n) is 2.63. The number of nitrogens with one attached hydrogen (secondary N) is 1. The van der Waals surface area contributed by atoms with Crippen molar-refractivity contribution in [1.82, 2.24) is 10.4 Å². The van der Waals surface area contributed by atoms with Gasteiger partial charge in [-0.05, 0) is 35.6 Å². The molecule has 2 rings (SSSR count). The van der Waals surface area contributed by atoms with E-state index in [0.717, 1.165) is 11.3 Å². The van der Waals surface area contributed by atoms with Gasteiger partial charge in [0.05, 0.1) is 19.3 Å². The zero-order valence-corrected chi connectivity index (χ0v) is 10.6. The van der Waals surface area contributed by atoms with E-state index in [0.29, 0.717) is 0 Å². The molecule has 0 amide bonds. The first kappa shape index (κ1) is 12.0. The Kier molecular flexibility index (Phi) is 3.73. The molecule has 0 saturated carbocycles. The lowest BCUT2D eigenvalue weighted by Crippen LogP contribution is -2.28. The zero-order chi connectivity index (χ0) is 12.3. The number of ether oxygens (including phenoxy) is 1. The van der Waals surface area contributed by atoms with Crippen LogP contribution in [0.1, 0.15) is 22.0 Å². The normalized spacial score (nSPS) is 12.4. The summed E-state index contributed by atoms with van der Waals surface area (Å²) in [5, 5.41) is 2.06. The van der Waals surface area contributed by atoms with E-state index in [1.54, 1.807) is 30.8 Å². The number of pyridine rings is 1. The maximum Gasteiger partial charge on any atom is 0.137 e. The second kappa shape index (κ2) is 5.27. The van der Waals surface area contributed by atoms with Crippen molar-refractivity contribution in [2.45, 2.75) is 13.0 Å². The number of hydrogen-bond donors (Lipinski definition) is 2. The Balaban J connectivity index is 2.38. The molecule has 2 heterocycles. The lowest BCUT2D eigenvalue weighted by atomic mass is 10.1. The van der Waals surface area contributed by atoms with Crippen LogP contribution in [0, 0.1) is 6.92 Å². The van der Waals surface area contributed by atoms with Crippen LogP contribution >= 0.6 is 11.3 Å². The van der Waals surface area contributed by atoms with E-state index in [1.165, 1.54) is 10.4 Å². The average Bonchev–Trinajstić information content (AvgIpc) is 2.77. The number of thiophene rings is 1. The van der Waals surface area contributed by atoms with Gasteiger partial charge in [0.25, 0.3) is 0 Å². The minimum atomic E-state index is -0.0439. The van der Waals surface area contributed by atoms with Gasteiger partial charge in [-0.1, -0.05) is 0 Å². The quantitative estimate of drug-likeness (QED) is 0.643. The third-order valence-corrected chi connectivity index (χ3v) is 3.72. The van der Waals surface area contributed by atoms with Gasteiger partial charge < -0.3 is 4.74 Å². The average molecular weight is 249 g/mol. The molecule has 0 spiro atoms. The summed E-state index contributed by atoms with van der Waals surface area (Å²) in [5.41, 5.74) is 5.05. The van der Waals surface area contributed by atoms with E-state index in [-0.39, 0.29) is 6.04 Å². The maximum atomic E-state index is 5.64. The molecule has 0 saturated heterocycles. The molecule has 17 heavy (non-hydrogen) atoms. The van der Waals surface area contributed by atoms with Crippen molar-refractivity contribution in [2.24, 2.45) is 5.84 Å². The summed E-state index contributed by atoms with van der Waals surface area (Å²) >= 11 is 1.68. The van der Waals surface area contributed by atoms with Gasteiger partial charge in [0.2, 0.25) is 0 Å². The molecule has 2 aromatic heterocycles. The fourth-order valence-corrected chi connectivity index (χ4v) is 2.72. The first-order chi connectivity index (χ1) is 8.26. The van der Waals surface area contributed by atoms with Gasteiger partial charge in [-0.3, -0.25) is 10.8 Å². The number of methoxy groups -OCH3 is 1. The highest BCUT2D eigenvalue weighted by Crippen LogP contribution is 2.29. The van der Waals surface area contributed by atoms with Crippen LogP contribution in [0.2, 0.25) is 0 Å². The molecule has 0 aromatic carbocycles. The lowest BCUT2D eigenvalue weighted by Gasteiger charge is -2.16. The topological polar surface area (TPSA) is 60.2 Å². The van der Waals surface area contributed by atoms with Gasteiger partial charge in [-0.25, -0.2) is 5.43 Å². The predicted octanol–water partition coefficient (Wildman–Crippen LogP) is 2.01. The number of rotatable bonds is 4. The highest BCUT2D eigenvalue weighted by atomic mass is 32.1. The maximum absolute atomic E-state index is 5.64. The molecule has 0 aliphatic rings. The van der Waals surface area contributed by atoms with E-state index in [4.69, 9.17) is 10.6 Å². The van der Waals surface area contributed by atoms with Crippen molar-refractivity contribution in [2.75, 3.05) is 7.11 Å². The van der Waals surface area contributed by atoms with E-state index >= 15 is 0 Å². The lowest BCUT2D eigenvalue weighted by molar-refractivity contribution is 0.411. The van der Waals surface area contributed by atoms with E-state index < -0.39 is 0 Å². The smallest absolute Gasteiger partial charge is 0.137 e. The van der Waals surface area contributed by atoms with Gasteiger partial charge in [-0.15, -0.1) is 11.3 Å². The van der Waals surface area contributed by atoms with Crippen LogP contribution in [0.5, 0.6) is 5.75 Å². The number of nitrogens with zero attached hydrogens (tertiary/aromatic N) is 1. The van der Waals surface area contributed by atoms with Crippen LogP contribution in [0.3, 0.4) is 0 Å². The third kappa shape index (κ3) is 2.46. The highest BCUT2D eigenvalue weighted by molar-refractivity contribution is 7.10. The van der Waals surface area contributed by atoms with Crippen molar-refractivity contribution in [1.29, 1.82) is 0 Å². The molecule has 0 fully saturated rings. The summed E-state index contributed by atoms with van der Waals surface area (Å²) in [6.45, 7) is 2.07. The molecule has 0 aliphatic heterocycles.